The van der Waals surface area contributed by atoms with Crippen LogP contribution in [0.4, 0.5) is 4.39 Å². The topological polar surface area (TPSA) is 37.3 Å². The first-order valence-electron chi connectivity index (χ1n) is 5.03. The van der Waals surface area contributed by atoms with Gasteiger partial charge in [-0.05, 0) is 24.5 Å². The van der Waals surface area contributed by atoms with Crippen LogP contribution < -0.4 is 0 Å². The Kier molecular flexibility index (Phi) is 3.92. The van der Waals surface area contributed by atoms with Crippen molar-refractivity contribution in [2.75, 3.05) is 0 Å². The number of rotatable bonds is 3. The fourth-order valence-corrected chi connectivity index (χ4v) is 1.95. The summed E-state index contributed by atoms with van der Waals surface area (Å²) in [5.41, 5.74) is 0.804. The molecule has 0 spiro atoms. The summed E-state index contributed by atoms with van der Waals surface area (Å²) in [5.74, 6) is -2.70. The van der Waals surface area contributed by atoms with Crippen LogP contribution in [0, 0.1) is 18.7 Å². The van der Waals surface area contributed by atoms with E-state index in [1.807, 2.05) is 0 Å². The van der Waals surface area contributed by atoms with Gasteiger partial charge in [0.2, 0.25) is 0 Å². The van der Waals surface area contributed by atoms with Crippen LogP contribution in [0.1, 0.15) is 30.9 Å². The van der Waals surface area contributed by atoms with Crippen molar-refractivity contribution < 1.29 is 14.3 Å². The second-order valence-electron chi connectivity index (χ2n) is 4.15. The third-order valence-electron chi connectivity index (χ3n) is 2.59. The summed E-state index contributed by atoms with van der Waals surface area (Å²) in [5, 5.41) is 9.09. The predicted molar refractivity (Wildman–Crippen MR) is 61.4 cm³/mol. The molecule has 0 aliphatic heterocycles. The third kappa shape index (κ3) is 2.35. The van der Waals surface area contributed by atoms with Crippen LogP contribution in [0.15, 0.2) is 12.1 Å². The minimum absolute atomic E-state index is 0.0347. The van der Waals surface area contributed by atoms with Gasteiger partial charge in [0.1, 0.15) is 5.82 Å². The molecule has 1 rings (SSSR count). The van der Waals surface area contributed by atoms with Crippen molar-refractivity contribution in [2.45, 2.75) is 26.7 Å². The predicted octanol–water partition coefficient (Wildman–Crippen LogP) is 3.61. The van der Waals surface area contributed by atoms with Crippen molar-refractivity contribution in [1.29, 1.82) is 0 Å². The number of carboxylic acid groups (broad SMARTS) is 1. The average molecular weight is 245 g/mol. The number of carboxylic acids is 1. The van der Waals surface area contributed by atoms with Gasteiger partial charge in [0.05, 0.1) is 10.9 Å². The smallest absolute Gasteiger partial charge is 0.311 e. The van der Waals surface area contributed by atoms with E-state index < -0.39 is 17.7 Å². The Balaban J connectivity index is 3.40. The van der Waals surface area contributed by atoms with Gasteiger partial charge in [0, 0.05) is 5.56 Å². The minimum Gasteiger partial charge on any atom is -0.481 e. The van der Waals surface area contributed by atoms with Crippen LogP contribution in [-0.4, -0.2) is 11.1 Å². The average Bonchev–Trinajstić information content (AvgIpc) is 2.17. The van der Waals surface area contributed by atoms with E-state index in [2.05, 4.69) is 0 Å². The molecule has 0 aromatic heterocycles. The molecule has 0 heterocycles. The molecule has 4 heteroatoms. The molecule has 1 N–H and O–H groups in total. The Hall–Kier alpha value is -1.09. The normalized spacial score (nSPS) is 12.9. The highest BCUT2D eigenvalue weighted by atomic mass is 35.5. The monoisotopic (exact) mass is 244 g/mol. The molecule has 0 bridgehead atoms. The SMILES string of the molecule is Cc1ccc(Cl)c(F)c1C(C(=O)O)C(C)C. The number of aliphatic carboxylic acids is 1. The molecule has 0 radical (unpaired) electrons. The van der Waals surface area contributed by atoms with E-state index in [9.17, 15) is 9.18 Å². The zero-order valence-corrected chi connectivity index (χ0v) is 10.2. The third-order valence-corrected chi connectivity index (χ3v) is 2.89. The van der Waals surface area contributed by atoms with E-state index in [0.29, 0.717) is 5.56 Å². The number of hydrogen-bond donors (Lipinski definition) is 1. The molecule has 0 aliphatic carbocycles. The van der Waals surface area contributed by atoms with Crippen LogP contribution >= 0.6 is 11.6 Å². The summed E-state index contributed by atoms with van der Waals surface area (Å²) in [6.07, 6.45) is 0. The van der Waals surface area contributed by atoms with Gasteiger partial charge in [-0.25, -0.2) is 4.39 Å². The summed E-state index contributed by atoms with van der Waals surface area (Å²) in [6, 6.07) is 3.08. The Morgan fingerprint density at radius 3 is 2.44 bits per heavy atom. The van der Waals surface area contributed by atoms with Gasteiger partial charge < -0.3 is 5.11 Å². The fourth-order valence-electron chi connectivity index (χ4n) is 1.79. The van der Waals surface area contributed by atoms with Gasteiger partial charge in [-0.2, -0.15) is 0 Å². The lowest BCUT2D eigenvalue weighted by Gasteiger charge is -2.19. The molecule has 88 valence electrons. The first kappa shape index (κ1) is 13.0. The molecular weight excluding hydrogens is 231 g/mol. The van der Waals surface area contributed by atoms with Crippen molar-refractivity contribution in [2.24, 2.45) is 5.92 Å². The number of carbonyl (C=O) groups is 1. The quantitative estimate of drug-likeness (QED) is 0.882. The molecule has 1 atom stereocenters. The Morgan fingerprint density at radius 2 is 2.00 bits per heavy atom. The minimum atomic E-state index is -1.03. The van der Waals surface area contributed by atoms with Crippen molar-refractivity contribution in [3.05, 3.63) is 34.1 Å². The van der Waals surface area contributed by atoms with Crippen molar-refractivity contribution in [1.82, 2.24) is 0 Å². The maximum atomic E-state index is 13.8. The lowest BCUT2D eigenvalue weighted by atomic mass is 9.85. The number of halogens is 2. The van der Waals surface area contributed by atoms with Crippen molar-refractivity contribution in [3.8, 4) is 0 Å². The maximum absolute atomic E-state index is 13.8. The number of hydrogen-bond acceptors (Lipinski definition) is 1. The fraction of sp³-hybridized carbons (Fsp3) is 0.417. The number of aryl methyl sites for hydroxylation is 1. The number of benzene rings is 1. The summed E-state index contributed by atoms with van der Waals surface area (Å²) in [6.45, 7) is 5.18. The molecule has 16 heavy (non-hydrogen) atoms. The van der Waals surface area contributed by atoms with Crippen LogP contribution in [0.3, 0.4) is 0 Å². The first-order valence-corrected chi connectivity index (χ1v) is 5.41. The van der Waals surface area contributed by atoms with E-state index >= 15 is 0 Å². The lowest BCUT2D eigenvalue weighted by molar-refractivity contribution is -0.140. The van der Waals surface area contributed by atoms with Crippen LogP contribution in [0.25, 0.3) is 0 Å². The first-order chi connectivity index (χ1) is 7.36. The summed E-state index contributed by atoms with van der Waals surface area (Å²) >= 11 is 5.67. The highest BCUT2D eigenvalue weighted by Gasteiger charge is 2.28. The van der Waals surface area contributed by atoms with Gasteiger partial charge in [-0.3, -0.25) is 4.79 Å². The van der Waals surface area contributed by atoms with Gasteiger partial charge in [0.25, 0.3) is 0 Å². The van der Waals surface area contributed by atoms with E-state index in [1.165, 1.54) is 6.07 Å². The summed E-state index contributed by atoms with van der Waals surface area (Å²) < 4.78 is 13.8. The molecule has 0 aliphatic rings. The molecule has 0 saturated heterocycles. The highest BCUT2D eigenvalue weighted by molar-refractivity contribution is 6.30. The van der Waals surface area contributed by atoms with Gasteiger partial charge in [0.15, 0.2) is 0 Å². The van der Waals surface area contributed by atoms with Crippen LogP contribution in [0.2, 0.25) is 5.02 Å². The molecule has 2 nitrogen and oxygen atoms in total. The van der Waals surface area contributed by atoms with Gasteiger partial charge in [-0.15, -0.1) is 0 Å². The lowest BCUT2D eigenvalue weighted by Crippen LogP contribution is -2.20. The van der Waals surface area contributed by atoms with E-state index in [1.54, 1.807) is 26.8 Å². The standard InChI is InChI=1S/C12H14ClFO2/c1-6(2)9(12(15)16)10-7(3)4-5-8(13)11(10)14/h4-6,9H,1-3H3,(H,15,16). The zero-order chi connectivity index (χ0) is 12.5. The summed E-state index contributed by atoms with van der Waals surface area (Å²) in [4.78, 5) is 11.1. The zero-order valence-electron chi connectivity index (χ0n) is 9.42. The van der Waals surface area contributed by atoms with Crippen LogP contribution in [-0.2, 0) is 4.79 Å². The molecule has 1 aromatic rings. The molecular formula is C12H14ClFO2. The maximum Gasteiger partial charge on any atom is 0.311 e. The van der Waals surface area contributed by atoms with Crippen molar-refractivity contribution >= 4 is 17.6 Å². The second kappa shape index (κ2) is 4.83. The Labute approximate surface area is 99.0 Å². The van der Waals surface area contributed by atoms with E-state index in [0.717, 1.165) is 0 Å². The summed E-state index contributed by atoms with van der Waals surface area (Å²) in [7, 11) is 0. The largest absolute Gasteiger partial charge is 0.481 e. The van der Waals surface area contributed by atoms with E-state index in [4.69, 9.17) is 16.7 Å². The molecule has 0 fully saturated rings. The molecule has 1 unspecified atom stereocenters. The molecule has 1 aromatic carbocycles. The Morgan fingerprint density at radius 1 is 1.44 bits per heavy atom. The van der Waals surface area contributed by atoms with E-state index in [-0.39, 0.29) is 16.5 Å². The second-order valence-corrected chi connectivity index (χ2v) is 4.56. The van der Waals surface area contributed by atoms with Gasteiger partial charge >= 0.3 is 5.97 Å². The molecule has 0 saturated carbocycles. The Bertz CT molecular complexity index is 416. The highest BCUT2D eigenvalue weighted by Crippen LogP contribution is 2.32. The van der Waals surface area contributed by atoms with Crippen LogP contribution in [0.5, 0.6) is 0 Å². The van der Waals surface area contributed by atoms with Crippen molar-refractivity contribution in [3.63, 3.8) is 0 Å². The molecule has 0 amide bonds. The van der Waals surface area contributed by atoms with Gasteiger partial charge in [-0.1, -0.05) is 31.5 Å².